The molecule has 0 amide bonds. The molecule has 0 fully saturated rings. The fraction of sp³-hybridized carbons (Fsp3) is 0.0870. The molecule has 6 heteroatoms. The first-order valence-corrected chi connectivity index (χ1v) is 17.0. The van der Waals surface area contributed by atoms with Crippen molar-refractivity contribution >= 4 is 34.1 Å². The molecule has 258 valence electrons. The number of rotatable bonds is 12. The third-order valence-electron chi connectivity index (χ3n) is 9.13. The van der Waals surface area contributed by atoms with E-state index >= 15 is 0 Å². The van der Waals surface area contributed by atoms with Gasteiger partial charge in [-0.25, -0.2) is 0 Å². The maximum absolute atomic E-state index is 5.45. The fourth-order valence-corrected chi connectivity index (χ4v) is 6.28. The van der Waals surface area contributed by atoms with E-state index in [9.17, 15) is 0 Å². The highest BCUT2D eigenvalue weighted by Gasteiger charge is 2.17. The third-order valence-corrected chi connectivity index (χ3v) is 9.13. The summed E-state index contributed by atoms with van der Waals surface area (Å²) in [5.41, 5.74) is 10.7. The van der Waals surface area contributed by atoms with Crippen LogP contribution in [0.2, 0.25) is 0 Å². The Morgan fingerprint density at radius 2 is 0.385 bits per heavy atom. The van der Waals surface area contributed by atoms with Gasteiger partial charge in [-0.05, 0) is 144 Å². The van der Waals surface area contributed by atoms with Gasteiger partial charge < -0.3 is 28.7 Å². The van der Waals surface area contributed by atoms with Crippen LogP contribution in [0.3, 0.4) is 0 Å². The first-order valence-electron chi connectivity index (χ1n) is 17.0. The van der Waals surface area contributed by atoms with Crippen molar-refractivity contribution in [1.29, 1.82) is 0 Å². The number of nitrogens with zero attached hydrogens (tertiary/aromatic N) is 2. The van der Waals surface area contributed by atoms with Gasteiger partial charge in [0.2, 0.25) is 0 Å². The van der Waals surface area contributed by atoms with Gasteiger partial charge >= 0.3 is 0 Å². The lowest BCUT2D eigenvalue weighted by atomic mass is 10.0. The summed E-state index contributed by atoms with van der Waals surface area (Å²) in [7, 11) is 6.73. The molecular formula is C46H40N2O4. The van der Waals surface area contributed by atoms with E-state index in [-0.39, 0.29) is 0 Å². The SMILES string of the molecule is COc1ccc(-c2ccc(N(c3ccc(-c4ccc(OC)cc4)cc3)c3ccc(N(c4ccc(OC)cc4)c4ccc(OC)cc4)cc3)cc2)cc1. The van der Waals surface area contributed by atoms with Gasteiger partial charge in [-0.1, -0.05) is 48.5 Å². The third kappa shape index (κ3) is 7.28. The topological polar surface area (TPSA) is 43.4 Å². The van der Waals surface area contributed by atoms with E-state index in [0.29, 0.717) is 0 Å². The molecule has 52 heavy (non-hydrogen) atoms. The molecule has 0 saturated heterocycles. The lowest BCUT2D eigenvalue weighted by Gasteiger charge is -2.28. The van der Waals surface area contributed by atoms with Crippen LogP contribution in [0.1, 0.15) is 0 Å². The molecule has 0 N–H and O–H groups in total. The van der Waals surface area contributed by atoms with E-state index in [2.05, 4.69) is 131 Å². The summed E-state index contributed by atoms with van der Waals surface area (Å²) in [6.07, 6.45) is 0. The molecule has 0 aliphatic carbocycles. The molecule has 7 rings (SSSR count). The molecule has 0 unspecified atom stereocenters. The minimum absolute atomic E-state index is 0.806. The maximum Gasteiger partial charge on any atom is 0.119 e. The zero-order chi connectivity index (χ0) is 35.9. The van der Waals surface area contributed by atoms with Gasteiger partial charge in [-0.2, -0.15) is 0 Å². The first-order chi connectivity index (χ1) is 25.6. The van der Waals surface area contributed by atoms with Gasteiger partial charge in [-0.3, -0.25) is 0 Å². The van der Waals surface area contributed by atoms with Crippen molar-refractivity contribution < 1.29 is 18.9 Å². The fourth-order valence-electron chi connectivity index (χ4n) is 6.28. The van der Waals surface area contributed by atoms with E-state index < -0.39 is 0 Å². The summed E-state index contributed by atoms with van der Waals surface area (Å²) in [5.74, 6) is 3.29. The standard InChI is InChI=1S/C46H40N2O4/c1-49-43-25-9-35(10-26-43)33-5-13-37(14-6-33)47(38-15-7-34(8-16-38)36-11-27-44(50-2)28-12-36)39-17-19-40(20-18-39)48(41-21-29-45(51-3)30-22-41)42-23-31-46(52-4)32-24-42/h5-32H,1-4H3. The molecular weight excluding hydrogens is 645 g/mol. The number of ether oxygens (including phenoxy) is 4. The highest BCUT2D eigenvalue weighted by atomic mass is 16.5. The Morgan fingerprint density at radius 3 is 0.596 bits per heavy atom. The van der Waals surface area contributed by atoms with Crippen LogP contribution in [-0.2, 0) is 0 Å². The molecule has 7 aromatic rings. The summed E-state index contributed by atoms with van der Waals surface area (Å²) in [6, 6.07) is 58.5. The molecule has 7 aromatic carbocycles. The van der Waals surface area contributed by atoms with Crippen LogP contribution in [0.5, 0.6) is 23.0 Å². The lowest BCUT2D eigenvalue weighted by molar-refractivity contribution is 0.414. The number of hydrogen-bond donors (Lipinski definition) is 0. The van der Waals surface area contributed by atoms with Gasteiger partial charge in [0, 0.05) is 34.1 Å². The van der Waals surface area contributed by atoms with Crippen molar-refractivity contribution in [2.75, 3.05) is 38.2 Å². The summed E-state index contributed by atoms with van der Waals surface area (Å²) in [4.78, 5) is 4.50. The number of methoxy groups -OCH3 is 4. The molecule has 0 saturated carbocycles. The summed E-state index contributed by atoms with van der Waals surface area (Å²) in [5, 5.41) is 0. The van der Waals surface area contributed by atoms with E-state index in [1.165, 1.54) is 0 Å². The Labute approximate surface area is 305 Å². The number of anilines is 6. The average molecular weight is 685 g/mol. The van der Waals surface area contributed by atoms with Crippen LogP contribution in [0.4, 0.5) is 34.1 Å². The normalized spacial score (nSPS) is 10.7. The van der Waals surface area contributed by atoms with E-state index in [0.717, 1.165) is 79.4 Å². The molecule has 0 aliphatic rings. The minimum atomic E-state index is 0.806. The van der Waals surface area contributed by atoms with Crippen LogP contribution in [0.15, 0.2) is 170 Å². The van der Waals surface area contributed by atoms with Crippen LogP contribution in [0, 0.1) is 0 Å². The summed E-state index contributed by atoms with van der Waals surface area (Å²) < 4.78 is 21.6. The quantitative estimate of drug-likeness (QED) is 0.128. The van der Waals surface area contributed by atoms with Gasteiger partial charge in [0.15, 0.2) is 0 Å². The molecule has 0 bridgehead atoms. The Kier molecular flexibility index (Phi) is 10.1. The van der Waals surface area contributed by atoms with Gasteiger partial charge in [-0.15, -0.1) is 0 Å². The monoisotopic (exact) mass is 684 g/mol. The van der Waals surface area contributed by atoms with Crippen molar-refractivity contribution in [3.63, 3.8) is 0 Å². The number of hydrogen-bond acceptors (Lipinski definition) is 6. The predicted molar refractivity (Wildman–Crippen MR) is 213 cm³/mol. The van der Waals surface area contributed by atoms with Crippen LogP contribution in [0.25, 0.3) is 22.3 Å². The van der Waals surface area contributed by atoms with Crippen LogP contribution in [-0.4, -0.2) is 28.4 Å². The van der Waals surface area contributed by atoms with Gasteiger partial charge in [0.1, 0.15) is 23.0 Å². The molecule has 0 heterocycles. The molecule has 0 aromatic heterocycles. The predicted octanol–water partition coefficient (Wildman–Crippen LogP) is 12.0. The Hall–Kier alpha value is -6.66. The Balaban J connectivity index is 1.26. The van der Waals surface area contributed by atoms with Crippen molar-refractivity contribution in [3.05, 3.63) is 170 Å². The van der Waals surface area contributed by atoms with Gasteiger partial charge in [0.25, 0.3) is 0 Å². The zero-order valence-electron chi connectivity index (χ0n) is 29.7. The van der Waals surface area contributed by atoms with Crippen molar-refractivity contribution in [1.82, 2.24) is 0 Å². The smallest absolute Gasteiger partial charge is 0.119 e. The lowest BCUT2D eigenvalue weighted by Crippen LogP contribution is -2.12. The van der Waals surface area contributed by atoms with Crippen LogP contribution >= 0.6 is 0 Å². The zero-order valence-corrected chi connectivity index (χ0v) is 29.7. The highest BCUT2D eigenvalue weighted by Crippen LogP contribution is 2.41. The molecule has 0 radical (unpaired) electrons. The van der Waals surface area contributed by atoms with Gasteiger partial charge in [0.05, 0.1) is 28.4 Å². The maximum atomic E-state index is 5.45. The summed E-state index contributed by atoms with van der Waals surface area (Å²) >= 11 is 0. The van der Waals surface area contributed by atoms with E-state index in [4.69, 9.17) is 18.9 Å². The Bertz CT molecular complexity index is 2040. The first kappa shape index (κ1) is 33.8. The summed E-state index contributed by atoms with van der Waals surface area (Å²) in [6.45, 7) is 0. The van der Waals surface area contributed by atoms with E-state index in [1.807, 2.05) is 48.5 Å². The molecule has 6 nitrogen and oxygen atoms in total. The second kappa shape index (κ2) is 15.5. The molecule has 0 aliphatic heterocycles. The minimum Gasteiger partial charge on any atom is -0.497 e. The Morgan fingerprint density at radius 1 is 0.231 bits per heavy atom. The van der Waals surface area contributed by atoms with Crippen molar-refractivity contribution in [2.45, 2.75) is 0 Å². The second-order valence-corrected chi connectivity index (χ2v) is 12.1. The average Bonchev–Trinajstić information content (AvgIpc) is 3.23. The van der Waals surface area contributed by atoms with Crippen LogP contribution < -0.4 is 28.7 Å². The molecule has 0 atom stereocenters. The highest BCUT2D eigenvalue weighted by molar-refractivity contribution is 5.83. The number of benzene rings is 7. The van der Waals surface area contributed by atoms with Crippen molar-refractivity contribution in [2.24, 2.45) is 0 Å². The largest absolute Gasteiger partial charge is 0.497 e. The molecule has 0 spiro atoms. The van der Waals surface area contributed by atoms with Crippen molar-refractivity contribution in [3.8, 4) is 45.3 Å². The van der Waals surface area contributed by atoms with E-state index in [1.54, 1.807) is 28.4 Å². The second-order valence-electron chi connectivity index (χ2n) is 12.1.